The van der Waals surface area contributed by atoms with Crippen LogP contribution in [0.4, 0.5) is 5.95 Å². The number of aryl methyl sites for hydroxylation is 1. The summed E-state index contributed by atoms with van der Waals surface area (Å²) in [6.45, 7) is 8.58. The van der Waals surface area contributed by atoms with E-state index in [4.69, 9.17) is 11.2 Å². The molecule has 2 aromatic rings. The Kier molecular flexibility index (Phi) is 4.15. The van der Waals surface area contributed by atoms with Gasteiger partial charge in [-0.15, -0.1) is 17.8 Å². The maximum absolute atomic E-state index is 5.89. The first-order chi connectivity index (χ1) is 9.49. The first kappa shape index (κ1) is 14.6. The van der Waals surface area contributed by atoms with E-state index in [1.165, 1.54) is 4.88 Å². The standard InChI is InChI=1S/C15H19N3OS/c1-6-10-9-11-12(19-15(4,5)7-2)17-14(16-8-3)18-13(11)20-10/h2,9H,6,8H2,1,3-5H3,(H,16,17,18). The molecule has 106 valence electrons. The number of nitrogens with zero attached hydrogens (tertiary/aromatic N) is 2. The van der Waals surface area contributed by atoms with Crippen molar-refractivity contribution in [1.29, 1.82) is 0 Å². The van der Waals surface area contributed by atoms with Crippen LogP contribution in [-0.2, 0) is 6.42 Å². The van der Waals surface area contributed by atoms with E-state index in [0.29, 0.717) is 11.8 Å². The molecular weight excluding hydrogens is 270 g/mol. The number of thiophene rings is 1. The van der Waals surface area contributed by atoms with Crippen LogP contribution in [0.15, 0.2) is 6.07 Å². The van der Waals surface area contributed by atoms with Crippen LogP contribution in [0.25, 0.3) is 10.2 Å². The Bertz CT molecular complexity index is 655. The number of hydrogen-bond donors (Lipinski definition) is 1. The highest BCUT2D eigenvalue weighted by atomic mass is 32.1. The Morgan fingerprint density at radius 3 is 2.75 bits per heavy atom. The normalized spacial score (nSPS) is 11.3. The zero-order valence-corrected chi connectivity index (χ0v) is 13.1. The predicted octanol–water partition coefficient (Wildman–Crippen LogP) is 3.48. The molecule has 0 spiro atoms. The lowest BCUT2D eigenvalue weighted by Crippen LogP contribution is -2.26. The third-order valence-corrected chi connectivity index (χ3v) is 3.96. The van der Waals surface area contributed by atoms with Crippen LogP contribution in [0.5, 0.6) is 5.88 Å². The topological polar surface area (TPSA) is 47.0 Å². The van der Waals surface area contributed by atoms with Gasteiger partial charge in [-0.3, -0.25) is 0 Å². The van der Waals surface area contributed by atoms with Crippen LogP contribution in [0.1, 0.15) is 32.6 Å². The number of terminal acetylenes is 1. The summed E-state index contributed by atoms with van der Waals surface area (Å²) in [6.07, 6.45) is 6.46. The van der Waals surface area contributed by atoms with Gasteiger partial charge in [0.25, 0.3) is 0 Å². The lowest BCUT2D eigenvalue weighted by Gasteiger charge is -2.20. The third kappa shape index (κ3) is 3.02. The van der Waals surface area contributed by atoms with E-state index >= 15 is 0 Å². The SMILES string of the molecule is C#CC(C)(C)Oc1nc(NCC)nc2sc(CC)cc12. The molecule has 20 heavy (non-hydrogen) atoms. The van der Waals surface area contributed by atoms with Crippen molar-refractivity contribution in [3.05, 3.63) is 10.9 Å². The van der Waals surface area contributed by atoms with Crippen molar-refractivity contribution in [3.8, 4) is 18.2 Å². The number of nitrogens with one attached hydrogen (secondary N) is 1. The summed E-state index contributed by atoms with van der Waals surface area (Å²) in [5, 5.41) is 4.05. The summed E-state index contributed by atoms with van der Waals surface area (Å²) in [4.78, 5) is 11.1. The molecular formula is C15H19N3OS. The minimum absolute atomic E-state index is 0.546. The van der Waals surface area contributed by atoms with Crippen molar-refractivity contribution in [1.82, 2.24) is 9.97 Å². The van der Waals surface area contributed by atoms with Gasteiger partial charge >= 0.3 is 0 Å². The van der Waals surface area contributed by atoms with E-state index in [-0.39, 0.29) is 0 Å². The van der Waals surface area contributed by atoms with Crippen LogP contribution >= 0.6 is 11.3 Å². The van der Waals surface area contributed by atoms with Gasteiger partial charge in [-0.2, -0.15) is 4.98 Å². The molecule has 2 aromatic heterocycles. The zero-order chi connectivity index (χ0) is 14.8. The molecule has 2 heterocycles. The van der Waals surface area contributed by atoms with Crippen molar-refractivity contribution >= 4 is 27.5 Å². The lowest BCUT2D eigenvalue weighted by atomic mass is 10.1. The van der Waals surface area contributed by atoms with E-state index in [1.54, 1.807) is 11.3 Å². The Morgan fingerprint density at radius 1 is 1.40 bits per heavy atom. The van der Waals surface area contributed by atoms with Crippen LogP contribution in [0.3, 0.4) is 0 Å². The van der Waals surface area contributed by atoms with Gasteiger partial charge in [0, 0.05) is 11.4 Å². The second kappa shape index (κ2) is 5.68. The van der Waals surface area contributed by atoms with Gasteiger partial charge in [-0.05, 0) is 33.3 Å². The molecule has 0 fully saturated rings. The maximum atomic E-state index is 5.89. The summed E-state index contributed by atoms with van der Waals surface area (Å²) in [5.41, 5.74) is -0.695. The smallest absolute Gasteiger partial charge is 0.228 e. The van der Waals surface area contributed by atoms with Crippen LogP contribution in [-0.4, -0.2) is 22.1 Å². The van der Waals surface area contributed by atoms with Gasteiger partial charge in [0.2, 0.25) is 11.8 Å². The van der Waals surface area contributed by atoms with Gasteiger partial charge in [-0.1, -0.05) is 12.8 Å². The van der Waals surface area contributed by atoms with Gasteiger partial charge in [0.1, 0.15) is 4.83 Å². The van der Waals surface area contributed by atoms with Crippen molar-refractivity contribution in [2.45, 2.75) is 39.7 Å². The fourth-order valence-corrected chi connectivity index (χ4v) is 2.66. The van der Waals surface area contributed by atoms with Crippen LogP contribution in [0.2, 0.25) is 0 Å². The molecule has 4 nitrogen and oxygen atoms in total. The van der Waals surface area contributed by atoms with Crippen LogP contribution in [0, 0.1) is 12.3 Å². The Morgan fingerprint density at radius 2 is 2.15 bits per heavy atom. The fraction of sp³-hybridized carbons (Fsp3) is 0.467. The number of anilines is 1. The molecule has 0 aliphatic carbocycles. The number of rotatable bonds is 5. The highest BCUT2D eigenvalue weighted by molar-refractivity contribution is 7.18. The number of hydrogen-bond acceptors (Lipinski definition) is 5. The van der Waals surface area contributed by atoms with Gasteiger partial charge in [0.15, 0.2) is 5.60 Å². The van der Waals surface area contributed by atoms with Gasteiger partial charge in [0.05, 0.1) is 5.39 Å². The van der Waals surface area contributed by atoms with Crippen molar-refractivity contribution in [2.75, 3.05) is 11.9 Å². The third-order valence-electron chi connectivity index (χ3n) is 2.79. The van der Waals surface area contributed by atoms with Gasteiger partial charge in [-0.25, -0.2) is 4.98 Å². The molecule has 0 unspecified atom stereocenters. The minimum Gasteiger partial charge on any atom is -0.458 e. The molecule has 2 rings (SSSR count). The molecule has 0 aromatic carbocycles. The Hall–Kier alpha value is -1.80. The fourth-order valence-electron chi connectivity index (χ4n) is 1.71. The minimum atomic E-state index is -0.695. The second-order valence-corrected chi connectivity index (χ2v) is 6.04. The number of aromatic nitrogens is 2. The number of ether oxygens (including phenoxy) is 1. The molecule has 0 saturated heterocycles. The molecule has 0 bridgehead atoms. The van der Waals surface area contributed by atoms with E-state index in [0.717, 1.165) is 23.2 Å². The van der Waals surface area contributed by atoms with E-state index in [2.05, 4.69) is 34.2 Å². The van der Waals surface area contributed by atoms with E-state index < -0.39 is 5.60 Å². The highest BCUT2D eigenvalue weighted by Crippen LogP contribution is 2.33. The van der Waals surface area contributed by atoms with Crippen molar-refractivity contribution in [3.63, 3.8) is 0 Å². The summed E-state index contributed by atoms with van der Waals surface area (Å²) < 4.78 is 5.89. The molecule has 0 saturated carbocycles. The summed E-state index contributed by atoms with van der Waals surface area (Å²) in [6, 6.07) is 2.08. The predicted molar refractivity (Wildman–Crippen MR) is 84.5 cm³/mol. The second-order valence-electron chi connectivity index (χ2n) is 4.92. The molecule has 0 radical (unpaired) electrons. The monoisotopic (exact) mass is 289 g/mol. The Balaban J connectivity index is 2.54. The summed E-state index contributed by atoms with van der Waals surface area (Å²) >= 11 is 1.66. The molecule has 0 aliphatic heterocycles. The largest absolute Gasteiger partial charge is 0.458 e. The summed E-state index contributed by atoms with van der Waals surface area (Å²) in [5.74, 6) is 3.75. The Labute approximate surface area is 123 Å². The first-order valence-electron chi connectivity index (χ1n) is 6.70. The zero-order valence-electron chi connectivity index (χ0n) is 12.3. The number of fused-ring (bicyclic) bond motifs is 1. The van der Waals surface area contributed by atoms with E-state index in [9.17, 15) is 0 Å². The van der Waals surface area contributed by atoms with E-state index in [1.807, 2.05) is 20.8 Å². The highest BCUT2D eigenvalue weighted by Gasteiger charge is 2.20. The molecule has 0 atom stereocenters. The summed E-state index contributed by atoms with van der Waals surface area (Å²) in [7, 11) is 0. The van der Waals surface area contributed by atoms with Gasteiger partial charge < -0.3 is 10.1 Å². The lowest BCUT2D eigenvalue weighted by molar-refractivity contribution is 0.167. The molecule has 1 N–H and O–H groups in total. The van der Waals surface area contributed by atoms with Crippen molar-refractivity contribution in [2.24, 2.45) is 0 Å². The van der Waals surface area contributed by atoms with Crippen molar-refractivity contribution < 1.29 is 4.74 Å². The first-order valence-corrected chi connectivity index (χ1v) is 7.51. The average Bonchev–Trinajstić information content (AvgIpc) is 2.82. The van der Waals surface area contributed by atoms with Crippen LogP contribution < -0.4 is 10.1 Å². The quantitative estimate of drug-likeness (QED) is 0.856. The maximum Gasteiger partial charge on any atom is 0.228 e. The average molecular weight is 289 g/mol. The molecule has 0 amide bonds. The molecule has 0 aliphatic rings. The molecule has 5 heteroatoms.